The van der Waals surface area contributed by atoms with Crippen LogP contribution < -0.4 is 9.47 Å². The molecule has 0 atom stereocenters. The Labute approximate surface area is 123 Å². The zero-order valence-electron chi connectivity index (χ0n) is 12.3. The molecule has 0 bridgehead atoms. The third kappa shape index (κ3) is 3.21. The number of hydrogen-bond acceptors (Lipinski definition) is 3. The fraction of sp³-hybridized carbons (Fsp3) is 0.235. The average Bonchev–Trinajstić information content (AvgIpc) is 2.49. The molecule has 2 aromatic carbocycles. The summed E-state index contributed by atoms with van der Waals surface area (Å²) in [5.74, 6) is 0.233. The number of ether oxygens (including phenoxy) is 2. The van der Waals surface area contributed by atoms with E-state index in [1.807, 2.05) is 6.92 Å². The number of ketones is 1. The molecule has 0 aromatic heterocycles. The highest BCUT2D eigenvalue weighted by molar-refractivity contribution is 5.97. The van der Waals surface area contributed by atoms with Crippen molar-refractivity contribution in [3.05, 3.63) is 58.9 Å². The zero-order valence-corrected chi connectivity index (χ0v) is 12.3. The van der Waals surface area contributed by atoms with Gasteiger partial charge in [-0.1, -0.05) is 12.1 Å². The molecule has 0 aliphatic rings. The molecule has 0 fully saturated rings. The van der Waals surface area contributed by atoms with Gasteiger partial charge >= 0.3 is 0 Å². The van der Waals surface area contributed by atoms with Crippen molar-refractivity contribution < 1.29 is 18.7 Å². The van der Waals surface area contributed by atoms with Crippen LogP contribution in [0.15, 0.2) is 36.4 Å². The Morgan fingerprint density at radius 2 is 1.81 bits per heavy atom. The van der Waals surface area contributed by atoms with Crippen LogP contribution in [0.1, 0.15) is 21.5 Å². The molecule has 110 valence electrons. The van der Waals surface area contributed by atoms with Crippen LogP contribution in [0.25, 0.3) is 0 Å². The molecule has 0 aliphatic heterocycles. The summed E-state index contributed by atoms with van der Waals surface area (Å²) in [7, 11) is 2.98. The summed E-state index contributed by atoms with van der Waals surface area (Å²) in [4.78, 5) is 12.3. The van der Waals surface area contributed by atoms with Gasteiger partial charge in [0, 0.05) is 12.0 Å². The fourth-order valence-electron chi connectivity index (χ4n) is 2.18. The van der Waals surface area contributed by atoms with E-state index in [-0.39, 0.29) is 18.0 Å². The zero-order chi connectivity index (χ0) is 15.4. The lowest BCUT2D eigenvalue weighted by atomic mass is 10.0. The highest BCUT2D eigenvalue weighted by Gasteiger charge is 2.14. The Kier molecular flexibility index (Phi) is 4.58. The summed E-state index contributed by atoms with van der Waals surface area (Å²) >= 11 is 0. The van der Waals surface area contributed by atoms with Gasteiger partial charge in [0.25, 0.3) is 0 Å². The Morgan fingerprint density at radius 3 is 2.43 bits per heavy atom. The molecule has 2 rings (SSSR count). The number of methoxy groups -OCH3 is 2. The van der Waals surface area contributed by atoms with Crippen molar-refractivity contribution >= 4 is 5.78 Å². The Balaban J connectivity index is 2.24. The molecule has 3 nitrogen and oxygen atoms in total. The quantitative estimate of drug-likeness (QED) is 0.789. The van der Waals surface area contributed by atoms with Gasteiger partial charge in [-0.25, -0.2) is 4.39 Å². The van der Waals surface area contributed by atoms with Crippen molar-refractivity contribution in [2.45, 2.75) is 13.3 Å². The van der Waals surface area contributed by atoms with Gasteiger partial charge in [0.05, 0.1) is 14.2 Å². The first-order valence-corrected chi connectivity index (χ1v) is 6.56. The molecular weight excluding hydrogens is 271 g/mol. The second kappa shape index (κ2) is 6.39. The van der Waals surface area contributed by atoms with E-state index >= 15 is 0 Å². The SMILES string of the molecule is COc1ccc(C(=O)Cc2cccc(OC)c2F)cc1C. The Bertz CT molecular complexity index is 665. The number of Topliss-reactive ketones (excluding diaryl/α,β-unsaturated/α-hetero) is 1. The maximum absolute atomic E-state index is 14.0. The molecule has 0 saturated heterocycles. The van der Waals surface area contributed by atoms with Gasteiger partial charge in [-0.2, -0.15) is 0 Å². The molecule has 21 heavy (non-hydrogen) atoms. The van der Waals surface area contributed by atoms with E-state index in [2.05, 4.69) is 0 Å². The number of rotatable bonds is 5. The number of benzene rings is 2. The van der Waals surface area contributed by atoms with Crippen LogP contribution in [0.3, 0.4) is 0 Å². The fourth-order valence-corrected chi connectivity index (χ4v) is 2.18. The number of carbonyl (C=O) groups is 1. The summed E-state index contributed by atoms with van der Waals surface area (Å²) in [6.07, 6.45) is -0.00516. The highest BCUT2D eigenvalue weighted by atomic mass is 19.1. The van der Waals surface area contributed by atoms with Crippen LogP contribution in [0.4, 0.5) is 4.39 Å². The van der Waals surface area contributed by atoms with Gasteiger partial charge in [0.2, 0.25) is 0 Å². The molecule has 0 amide bonds. The molecule has 0 radical (unpaired) electrons. The van der Waals surface area contributed by atoms with Crippen molar-refractivity contribution in [1.82, 2.24) is 0 Å². The van der Waals surface area contributed by atoms with E-state index in [0.29, 0.717) is 11.1 Å². The standard InChI is InChI=1S/C17H17FO3/c1-11-9-12(7-8-15(11)20-2)14(19)10-13-5-4-6-16(21-3)17(13)18/h4-9H,10H2,1-3H3. The molecular formula is C17H17FO3. The first kappa shape index (κ1) is 15.0. The van der Waals surface area contributed by atoms with Gasteiger partial charge in [0.15, 0.2) is 17.3 Å². The van der Waals surface area contributed by atoms with Crippen molar-refractivity contribution in [1.29, 1.82) is 0 Å². The lowest BCUT2D eigenvalue weighted by Crippen LogP contribution is -2.06. The predicted molar refractivity (Wildman–Crippen MR) is 78.7 cm³/mol. The lowest BCUT2D eigenvalue weighted by Gasteiger charge is -2.09. The van der Waals surface area contributed by atoms with Gasteiger partial charge in [-0.15, -0.1) is 0 Å². The van der Waals surface area contributed by atoms with E-state index in [0.717, 1.165) is 11.3 Å². The van der Waals surface area contributed by atoms with Crippen LogP contribution >= 0.6 is 0 Å². The van der Waals surface area contributed by atoms with E-state index in [1.54, 1.807) is 37.4 Å². The number of hydrogen-bond donors (Lipinski definition) is 0. The van der Waals surface area contributed by atoms with E-state index < -0.39 is 5.82 Å². The van der Waals surface area contributed by atoms with Gasteiger partial charge in [-0.3, -0.25) is 4.79 Å². The van der Waals surface area contributed by atoms with Crippen molar-refractivity contribution in [3.8, 4) is 11.5 Å². The van der Waals surface area contributed by atoms with Crippen LogP contribution in [0.5, 0.6) is 11.5 Å². The molecule has 0 saturated carbocycles. The number of aryl methyl sites for hydroxylation is 1. The minimum absolute atomic E-state index is 0.00516. The van der Waals surface area contributed by atoms with Crippen LogP contribution in [0.2, 0.25) is 0 Å². The average molecular weight is 288 g/mol. The van der Waals surface area contributed by atoms with Crippen LogP contribution in [-0.2, 0) is 6.42 Å². The van der Waals surface area contributed by atoms with Crippen LogP contribution in [-0.4, -0.2) is 20.0 Å². The topological polar surface area (TPSA) is 35.5 Å². The largest absolute Gasteiger partial charge is 0.496 e. The molecule has 0 aliphatic carbocycles. The summed E-state index contributed by atoms with van der Waals surface area (Å²) in [5.41, 5.74) is 1.73. The highest BCUT2D eigenvalue weighted by Crippen LogP contribution is 2.23. The third-order valence-corrected chi connectivity index (χ3v) is 3.33. The molecule has 0 heterocycles. The van der Waals surface area contributed by atoms with Crippen molar-refractivity contribution in [2.75, 3.05) is 14.2 Å². The maximum atomic E-state index is 14.0. The van der Waals surface area contributed by atoms with E-state index in [4.69, 9.17) is 9.47 Å². The summed E-state index contributed by atoms with van der Waals surface area (Å²) in [5, 5.41) is 0. The lowest BCUT2D eigenvalue weighted by molar-refractivity contribution is 0.0991. The minimum Gasteiger partial charge on any atom is -0.496 e. The smallest absolute Gasteiger partial charge is 0.168 e. The monoisotopic (exact) mass is 288 g/mol. The van der Waals surface area contributed by atoms with Gasteiger partial charge < -0.3 is 9.47 Å². The first-order chi connectivity index (χ1) is 10.1. The Hall–Kier alpha value is -2.36. The normalized spacial score (nSPS) is 10.3. The number of carbonyl (C=O) groups excluding carboxylic acids is 1. The first-order valence-electron chi connectivity index (χ1n) is 6.56. The van der Waals surface area contributed by atoms with Crippen molar-refractivity contribution in [2.24, 2.45) is 0 Å². The van der Waals surface area contributed by atoms with E-state index in [1.165, 1.54) is 13.2 Å². The summed E-state index contributed by atoms with van der Waals surface area (Å²) in [6.45, 7) is 1.86. The second-order valence-corrected chi connectivity index (χ2v) is 4.72. The van der Waals surface area contributed by atoms with Gasteiger partial charge in [0.1, 0.15) is 5.75 Å². The Morgan fingerprint density at radius 1 is 1.10 bits per heavy atom. The second-order valence-electron chi connectivity index (χ2n) is 4.72. The predicted octanol–water partition coefficient (Wildman–Crippen LogP) is 3.58. The minimum atomic E-state index is -0.487. The summed E-state index contributed by atoms with van der Waals surface area (Å²) < 4.78 is 24.1. The number of halogens is 1. The molecule has 4 heteroatoms. The van der Waals surface area contributed by atoms with Crippen LogP contribution in [0, 0.1) is 12.7 Å². The molecule has 0 N–H and O–H groups in total. The van der Waals surface area contributed by atoms with Gasteiger partial charge in [-0.05, 0) is 42.3 Å². The summed E-state index contributed by atoms with van der Waals surface area (Å²) in [6, 6.07) is 9.97. The molecule has 0 spiro atoms. The maximum Gasteiger partial charge on any atom is 0.168 e. The van der Waals surface area contributed by atoms with Crippen molar-refractivity contribution in [3.63, 3.8) is 0 Å². The molecule has 0 unspecified atom stereocenters. The molecule has 2 aromatic rings. The third-order valence-electron chi connectivity index (χ3n) is 3.33. The van der Waals surface area contributed by atoms with E-state index in [9.17, 15) is 9.18 Å².